The van der Waals surface area contributed by atoms with E-state index in [1.807, 2.05) is 41.1 Å². The predicted molar refractivity (Wildman–Crippen MR) is 79.4 cm³/mol. The Labute approximate surface area is 123 Å². The van der Waals surface area contributed by atoms with Crippen LogP contribution >= 0.6 is 0 Å². The summed E-state index contributed by atoms with van der Waals surface area (Å²) >= 11 is 0. The Morgan fingerprint density at radius 2 is 1.95 bits per heavy atom. The maximum atomic E-state index is 11.3. The maximum absolute atomic E-state index is 11.3. The Bertz CT molecular complexity index is 607. The van der Waals surface area contributed by atoms with Gasteiger partial charge in [0.05, 0.1) is 0 Å². The molecular formula is C15H18N4O2. The molecule has 0 saturated heterocycles. The average Bonchev–Trinajstić information content (AvgIpc) is 2.99. The van der Waals surface area contributed by atoms with Gasteiger partial charge in [0.1, 0.15) is 5.82 Å². The molecule has 0 saturated carbocycles. The van der Waals surface area contributed by atoms with Crippen LogP contribution in [0.25, 0.3) is 11.4 Å². The van der Waals surface area contributed by atoms with Gasteiger partial charge in [-0.1, -0.05) is 30.3 Å². The van der Waals surface area contributed by atoms with E-state index in [0.717, 1.165) is 24.4 Å². The van der Waals surface area contributed by atoms with Crippen LogP contribution in [0.4, 0.5) is 0 Å². The van der Waals surface area contributed by atoms with Crippen LogP contribution in [-0.4, -0.2) is 35.0 Å². The second kappa shape index (κ2) is 7.23. The fourth-order valence-corrected chi connectivity index (χ4v) is 1.98. The number of imidazole rings is 1. The molecule has 0 bridgehead atoms. The van der Waals surface area contributed by atoms with Crippen LogP contribution in [0.2, 0.25) is 0 Å². The van der Waals surface area contributed by atoms with Gasteiger partial charge < -0.3 is 15.2 Å². The van der Waals surface area contributed by atoms with Gasteiger partial charge in [0.2, 0.25) is 0 Å². The first-order chi connectivity index (χ1) is 10.2. The summed E-state index contributed by atoms with van der Waals surface area (Å²) in [6.45, 7) is 1.16. The molecule has 2 N–H and O–H groups in total. The van der Waals surface area contributed by atoms with E-state index < -0.39 is 11.8 Å². The molecule has 0 radical (unpaired) electrons. The van der Waals surface area contributed by atoms with Gasteiger partial charge in [-0.05, 0) is 6.42 Å². The van der Waals surface area contributed by atoms with Gasteiger partial charge >= 0.3 is 11.8 Å². The normalized spacial score (nSPS) is 10.1. The number of amides is 2. The SMILES string of the molecule is CNC(=O)C(=O)NCCCn1ccnc1-c1ccccc1. The number of nitrogens with one attached hydrogen (secondary N) is 2. The number of aryl methyl sites for hydroxylation is 1. The third-order valence-corrected chi connectivity index (χ3v) is 3.04. The summed E-state index contributed by atoms with van der Waals surface area (Å²) in [6, 6.07) is 9.92. The Morgan fingerprint density at radius 3 is 2.67 bits per heavy atom. The minimum atomic E-state index is -0.623. The topological polar surface area (TPSA) is 76.0 Å². The Hall–Kier alpha value is -2.63. The third kappa shape index (κ3) is 3.92. The lowest BCUT2D eigenvalue weighted by atomic mass is 10.2. The average molecular weight is 286 g/mol. The van der Waals surface area contributed by atoms with Gasteiger partial charge in [-0.3, -0.25) is 9.59 Å². The lowest BCUT2D eigenvalue weighted by Crippen LogP contribution is -2.38. The number of hydrogen-bond acceptors (Lipinski definition) is 3. The van der Waals surface area contributed by atoms with Crippen LogP contribution in [0.15, 0.2) is 42.7 Å². The largest absolute Gasteiger partial charge is 0.351 e. The summed E-state index contributed by atoms with van der Waals surface area (Å²) in [5.74, 6) is -0.331. The van der Waals surface area contributed by atoms with Crippen molar-refractivity contribution in [3.05, 3.63) is 42.7 Å². The van der Waals surface area contributed by atoms with Crippen LogP contribution in [-0.2, 0) is 16.1 Å². The second-order valence-electron chi connectivity index (χ2n) is 4.50. The quantitative estimate of drug-likeness (QED) is 0.630. The molecule has 1 aromatic carbocycles. The minimum Gasteiger partial charge on any atom is -0.351 e. The molecule has 2 amide bonds. The zero-order valence-electron chi connectivity index (χ0n) is 11.9. The zero-order valence-corrected chi connectivity index (χ0v) is 11.9. The highest BCUT2D eigenvalue weighted by molar-refractivity contribution is 6.34. The smallest absolute Gasteiger partial charge is 0.309 e. The van der Waals surface area contributed by atoms with Crippen molar-refractivity contribution >= 4 is 11.8 Å². The predicted octanol–water partition coefficient (Wildman–Crippen LogP) is 0.802. The van der Waals surface area contributed by atoms with Gasteiger partial charge in [-0.2, -0.15) is 0 Å². The number of likely N-dealkylation sites (N-methyl/N-ethyl adjacent to an activating group) is 1. The molecule has 0 unspecified atom stereocenters. The van der Waals surface area contributed by atoms with Gasteiger partial charge in [0.15, 0.2) is 0 Å². The number of hydrogen-bond donors (Lipinski definition) is 2. The fourth-order valence-electron chi connectivity index (χ4n) is 1.98. The third-order valence-electron chi connectivity index (χ3n) is 3.04. The first kappa shape index (κ1) is 14.8. The molecule has 0 atom stereocenters. The molecule has 0 fully saturated rings. The van der Waals surface area contributed by atoms with Crippen molar-refractivity contribution in [2.45, 2.75) is 13.0 Å². The monoisotopic (exact) mass is 286 g/mol. The van der Waals surface area contributed by atoms with E-state index in [9.17, 15) is 9.59 Å². The summed E-state index contributed by atoms with van der Waals surface area (Å²) in [5.41, 5.74) is 1.05. The fraction of sp³-hybridized carbons (Fsp3) is 0.267. The summed E-state index contributed by atoms with van der Waals surface area (Å²) in [6.07, 6.45) is 4.38. The maximum Gasteiger partial charge on any atom is 0.309 e. The lowest BCUT2D eigenvalue weighted by molar-refractivity contribution is -0.138. The number of rotatable bonds is 5. The first-order valence-corrected chi connectivity index (χ1v) is 6.79. The minimum absolute atomic E-state index is 0.443. The van der Waals surface area contributed by atoms with Crippen molar-refractivity contribution < 1.29 is 9.59 Å². The summed E-state index contributed by atoms with van der Waals surface area (Å²) in [4.78, 5) is 26.7. The van der Waals surface area contributed by atoms with Gasteiger partial charge in [0, 0.05) is 38.1 Å². The summed E-state index contributed by atoms with van der Waals surface area (Å²) < 4.78 is 2.03. The second-order valence-corrected chi connectivity index (χ2v) is 4.50. The number of aromatic nitrogens is 2. The standard InChI is InChI=1S/C15H18N4O2/c1-16-14(20)15(21)18-8-5-10-19-11-9-17-13(19)12-6-3-2-4-7-12/h2-4,6-7,9,11H,5,8,10H2,1H3,(H,16,20)(H,18,21). The number of benzene rings is 1. The van der Waals surface area contributed by atoms with Crippen LogP contribution < -0.4 is 10.6 Å². The van der Waals surface area contributed by atoms with E-state index in [1.54, 1.807) is 6.20 Å². The molecule has 2 aromatic rings. The van der Waals surface area contributed by atoms with Crippen molar-refractivity contribution in [3.8, 4) is 11.4 Å². The van der Waals surface area contributed by atoms with E-state index in [-0.39, 0.29) is 0 Å². The van der Waals surface area contributed by atoms with Crippen LogP contribution in [0.5, 0.6) is 0 Å². The number of carbonyl (C=O) groups excluding carboxylic acids is 2. The molecule has 1 heterocycles. The van der Waals surface area contributed by atoms with Crippen molar-refractivity contribution in [3.63, 3.8) is 0 Å². The number of nitrogens with zero attached hydrogens (tertiary/aromatic N) is 2. The van der Waals surface area contributed by atoms with Gasteiger partial charge in [0.25, 0.3) is 0 Å². The van der Waals surface area contributed by atoms with E-state index in [4.69, 9.17) is 0 Å². The molecule has 6 heteroatoms. The molecule has 110 valence electrons. The van der Waals surface area contributed by atoms with E-state index in [0.29, 0.717) is 6.54 Å². The van der Waals surface area contributed by atoms with Crippen molar-refractivity contribution in [1.82, 2.24) is 20.2 Å². The molecule has 6 nitrogen and oxygen atoms in total. The van der Waals surface area contributed by atoms with Crippen molar-refractivity contribution in [2.75, 3.05) is 13.6 Å². The highest BCUT2D eigenvalue weighted by Crippen LogP contribution is 2.16. The van der Waals surface area contributed by atoms with Gasteiger partial charge in [-0.15, -0.1) is 0 Å². The van der Waals surface area contributed by atoms with Crippen LogP contribution in [0.3, 0.4) is 0 Å². The van der Waals surface area contributed by atoms with E-state index in [1.165, 1.54) is 7.05 Å². The Balaban J connectivity index is 1.87. The van der Waals surface area contributed by atoms with E-state index in [2.05, 4.69) is 15.6 Å². The van der Waals surface area contributed by atoms with Crippen LogP contribution in [0, 0.1) is 0 Å². The Morgan fingerprint density at radius 1 is 1.19 bits per heavy atom. The molecular weight excluding hydrogens is 268 g/mol. The van der Waals surface area contributed by atoms with Crippen molar-refractivity contribution in [2.24, 2.45) is 0 Å². The molecule has 0 aliphatic rings. The molecule has 0 aliphatic carbocycles. The van der Waals surface area contributed by atoms with Crippen LogP contribution in [0.1, 0.15) is 6.42 Å². The molecule has 1 aromatic heterocycles. The van der Waals surface area contributed by atoms with Crippen molar-refractivity contribution in [1.29, 1.82) is 0 Å². The van der Waals surface area contributed by atoms with Gasteiger partial charge in [-0.25, -0.2) is 4.98 Å². The van der Waals surface area contributed by atoms with E-state index >= 15 is 0 Å². The molecule has 21 heavy (non-hydrogen) atoms. The zero-order chi connectivity index (χ0) is 15.1. The molecule has 0 spiro atoms. The lowest BCUT2D eigenvalue weighted by Gasteiger charge is -2.08. The Kier molecular flexibility index (Phi) is 5.09. The molecule has 0 aliphatic heterocycles. The highest BCUT2D eigenvalue weighted by Gasteiger charge is 2.10. The first-order valence-electron chi connectivity index (χ1n) is 6.79. The highest BCUT2D eigenvalue weighted by atomic mass is 16.2. The number of carbonyl (C=O) groups is 2. The summed E-state index contributed by atoms with van der Waals surface area (Å²) in [7, 11) is 1.43. The summed E-state index contributed by atoms with van der Waals surface area (Å²) in [5, 5.41) is 4.85. The molecule has 2 rings (SSSR count).